The van der Waals surface area contributed by atoms with Crippen LogP contribution in [0.25, 0.3) is 11.1 Å². The van der Waals surface area contributed by atoms with Crippen molar-refractivity contribution in [3.63, 3.8) is 0 Å². The van der Waals surface area contributed by atoms with Gasteiger partial charge in [0.1, 0.15) is 18.1 Å². The molecule has 1 aliphatic rings. The molecule has 164 valence electrons. The Hall–Kier alpha value is -3.84. The minimum Gasteiger partial charge on any atom is -0.507 e. The first-order valence-corrected chi connectivity index (χ1v) is 10.4. The van der Waals surface area contributed by atoms with Crippen LogP contribution in [0, 0.1) is 0 Å². The maximum absolute atomic E-state index is 12.9. The van der Waals surface area contributed by atoms with Crippen molar-refractivity contribution >= 4 is 17.6 Å². The van der Waals surface area contributed by atoms with Gasteiger partial charge in [0.2, 0.25) is 0 Å². The number of phenols is 1. The molecule has 0 aliphatic carbocycles. The Morgan fingerprint density at radius 3 is 2.41 bits per heavy atom. The number of amides is 1. The number of phenolic OH excluding ortho intramolecular Hbond substituents is 1. The number of carboxylic acid groups (broad SMARTS) is 1. The Morgan fingerprint density at radius 2 is 1.72 bits per heavy atom. The Bertz CT molecular complexity index is 1130. The van der Waals surface area contributed by atoms with Crippen LogP contribution in [0.3, 0.4) is 0 Å². The van der Waals surface area contributed by atoms with Gasteiger partial charge in [-0.3, -0.25) is 9.69 Å². The van der Waals surface area contributed by atoms with Gasteiger partial charge in [-0.1, -0.05) is 36.4 Å². The number of carbonyl (C=O) groups is 2. The van der Waals surface area contributed by atoms with Gasteiger partial charge in [-0.05, 0) is 61.0 Å². The van der Waals surface area contributed by atoms with Gasteiger partial charge in [0.05, 0.1) is 16.8 Å². The van der Waals surface area contributed by atoms with Crippen molar-refractivity contribution in [2.75, 3.05) is 31.6 Å². The van der Waals surface area contributed by atoms with Crippen LogP contribution in [-0.2, 0) is 0 Å². The number of likely N-dealkylation sites (tertiary alicyclic amines) is 1. The van der Waals surface area contributed by atoms with Crippen molar-refractivity contribution in [3.05, 3.63) is 77.9 Å². The van der Waals surface area contributed by atoms with Gasteiger partial charge in [0.15, 0.2) is 0 Å². The number of hydrogen-bond donors (Lipinski definition) is 3. The third-order valence-corrected chi connectivity index (χ3v) is 5.44. The molecule has 1 saturated heterocycles. The monoisotopic (exact) mass is 432 g/mol. The first kappa shape index (κ1) is 21.4. The van der Waals surface area contributed by atoms with Gasteiger partial charge in [0, 0.05) is 6.54 Å². The van der Waals surface area contributed by atoms with Crippen molar-refractivity contribution in [2.45, 2.75) is 6.42 Å². The van der Waals surface area contributed by atoms with Crippen LogP contribution in [0.2, 0.25) is 0 Å². The molecule has 0 unspecified atom stereocenters. The van der Waals surface area contributed by atoms with E-state index in [1.165, 1.54) is 24.6 Å². The number of ether oxygens (including phenoxy) is 1. The first-order chi connectivity index (χ1) is 15.5. The molecule has 0 saturated carbocycles. The molecule has 1 aliphatic heterocycles. The van der Waals surface area contributed by atoms with Gasteiger partial charge in [-0.25, -0.2) is 4.79 Å². The lowest BCUT2D eigenvalue weighted by molar-refractivity contribution is 0.0698. The lowest BCUT2D eigenvalue weighted by atomic mass is 10.0. The highest BCUT2D eigenvalue weighted by Gasteiger charge is 2.18. The second-order valence-electron chi connectivity index (χ2n) is 7.61. The molecule has 1 heterocycles. The number of nitrogens with one attached hydrogen (secondary N) is 1. The molecule has 3 aromatic rings. The summed E-state index contributed by atoms with van der Waals surface area (Å²) in [5.74, 6) is -1.53. The molecular weight excluding hydrogens is 408 g/mol. The number of benzene rings is 3. The smallest absolute Gasteiger partial charge is 0.337 e. The summed E-state index contributed by atoms with van der Waals surface area (Å²) in [5.41, 5.74) is 1.76. The highest BCUT2D eigenvalue weighted by Crippen LogP contribution is 2.28. The second-order valence-corrected chi connectivity index (χ2v) is 7.61. The number of carboxylic acids is 1. The van der Waals surface area contributed by atoms with E-state index in [9.17, 15) is 19.8 Å². The molecule has 7 heteroatoms. The fourth-order valence-electron chi connectivity index (χ4n) is 3.52. The normalized spacial score (nSPS) is 13.2. The van der Waals surface area contributed by atoms with Crippen molar-refractivity contribution in [1.82, 2.24) is 4.90 Å². The maximum Gasteiger partial charge on any atom is 0.337 e. The van der Waals surface area contributed by atoms with Crippen molar-refractivity contribution in [3.8, 4) is 22.6 Å². The molecule has 32 heavy (non-hydrogen) atoms. The van der Waals surface area contributed by atoms with E-state index in [0.29, 0.717) is 12.4 Å². The third-order valence-electron chi connectivity index (χ3n) is 5.44. The molecule has 0 atom stereocenters. The van der Waals surface area contributed by atoms with Crippen molar-refractivity contribution in [2.24, 2.45) is 0 Å². The van der Waals surface area contributed by atoms with Crippen LogP contribution >= 0.6 is 0 Å². The summed E-state index contributed by atoms with van der Waals surface area (Å²) in [6.45, 7) is 3.42. The standard InChI is InChI=1S/C25H24N2O5/c28-23-10-8-19(32-14-13-27-11-4-12-27)16-21(23)24(29)26-22-15-18(7-9-20(22)25(30)31)17-5-2-1-3-6-17/h1-3,5-10,15-16,28H,4,11-14H2,(H,26,29)(H,30,31). The highest BCUT2D eigenvalue weighted by molar-refractivity contribution is 6.09. The first-order valence-electron chi connectivity index (χ1n) is 10.4. The predicted octanol–water partition coefficient (Wildman–Crippen LogP) is 4.09. The molecule has 1 fully saturated rings. The molecule has 0 aromatic heterocycles. The number of aromatic hydroxyl groups is 1. The summed E-state index contributed by atoms with van der Waals surface area (Å²) < 4.78 is 5.72. The second kappa shape index (κ2) is 9.53. The molecule has 1 amide bonds. The summed E-state index contributed by atoms with van der Waals surface area (Å²) in [7, 11) is 0. The minimum absolute atomic E-state index is 0.00732. The van der Waals surface area contributed by atoms with Crippen LogP contribution in [0.15, 0.2) is 66.7 Å². The van der Waals surface area contributed by atoms with Crippen molar-refractivity contribution < 1.29 is 24.5 Å². The van der Waals surface area contributed by atoms with Crippen LogP contribution < -0.4 is 10.1 Å². The number of anilines is 1. The van der Waals surface area contributed by atoms with Crippen LogP contribution in [0.4, 0.5) is 5.69 Å². The molecule has 3 N–H and O–H groups in total. The zero-order valence-corrected chi connectivity index (χ0v) is 17.5. The highest BCUT2D eigenvalue weighted by atomic mass is 16.5. The van der Waals surface area contributed by atoms with E-state index < -0.39 is 11.9 Å². The Balaban J connectivity index is 1.54. The van der Waals surface area contributed by atoms with Crippen LogP contribution in [0.1, 0.15) is 27.1 Å². The summed E-state index contributed by atoms with van der Waals surface area (Å²) >= 11 is 0. The fraction of sp³-hybridized carbons (Fsp3) is 0.200. The fourth-order valence-corrected chi connectivity index (χ4v) is 3.52. The van der Waals surface area contributed by atoms with E-state index in [0.717, 1.165) is 30.8 Å². The van der Waals surface area contributed by atoms with Crippen molar-refractivity contribution in [1.29, 1.82) is 0 Å². The summed E-state index contributed by atoms with van der Waals surface area (Å²) in [5, 5.41) is 22.4. The minimum atomic E-state index is -1.16. The van der Waals surface area contributed by atoms with Gasteiger partial charge < -0.3 is 20.3 Å². The number of nitrogens with zero attached hydrogens (tertiary/aromatic N) is 1. The van der Waals surface area contributed by atoms with E-state index in [1.807, 2.05) is 30.3 Å². The predicted molar refractivity (Wildman–Crippen MR) is 121 cm³/mol. The number of rotatable bonds is 8. The average Bonchev–Trinajstić information content (AvgIpc) is 2.76. The quantitative estimate of drug-likeness (QED) is 0.496. The molecule has 0 spiro atoms. The zero-order valence-electron chi connectivity index (χ0n) is 17.5. The number of carbonyl (C=O) groups excluding carboxylic acids is 1. The third kappa shape index (κ3) is 4.90. The summed E-state index contributed by atoms with van der Waals surface area (Å²) in [6.07, 6.45) is 1.20. The molecule has 3 aromatic carbocycles. The summed E-state index contributed by atoms with van der Waals surface area (Å²) in [4.78, 5) is 26.9. The van der Waals surface area contributed by atoms with Gasteiger partial charge in [0.25, 0.3) is 5.91 Å². The topological polar surface area (TPSA) is 99.1 Å². The molecular formula is C25H24N2O5. The van der Waals surface area contributed by atoms with Crippen LogP contribution in [0.5, 0.6) is 11.5 Å². The largest absolute Gasteiger partial charge is 0.507 e. The van der Waals surface area contributed by atoms with E-state index in [2.05, 4.69) is 10.2 Å². The molecule has 7 nitrogen and oxygen atoms in total. The van der Waals surface area contributed by atoms with E-state index in [-0.39, 0.29) is 22.6 Å². The van der Waals surface area contributed by atoms with Gasteiger partial charge in [-0.15, -0.1) is 0 Å². The van der Waals surface area contributed by atoms with E-state index in [4.69, 9.17) is 4.74 Å². The maximum atomic E-state index is 12.9. The Labute approximate surface area is 185 Å². The SMILES string of the molecule is O=C(Nc1cc(-c2ccccc2)ccc1C(=O)O)c1cc(OCCN2CCC2)ccc1O. The Morgan fingerprint density at radius 1 is 0.938 bits per heavy atom. The van der Waals surface area contributed by atoms with Gasteiger partial charge in [-0.2, -0.15) is 0 Å². The summed E-state index contributed by atoms with van der Waals surface area (Å²) in [6, 6.07) is 18.7. The lowest BCUT2D eigenvalue weighted by Crippen LogP contribution is -2.39. The van der Waals surface area contributed by atoms with Crippen LogP contribution in [-0.4, -0.2) is 53.2 Å². The Kier molecular flexibility index (Phi) is 6.37. The number of aromatic carboxylic acids is 1. The van der Waals surface area contributed by atoms with E-state index >= 15 is 0 Å². The average molecular weight is 432 g/mol. The lowest BCUT2D eigenvalue weighted by Gasteiger charge is -2.30. The molecule has 0 radical (unpaired) electrons. The van der Waals surface area contributed by atoms with E-state index in [1.54, 1.807) is 18.2 Å². The number of hydrogen-bond acceptors (Lipinski definition) is 5. The molecule has 4 rings (SSSR count). The molecule has 0 bridgehead atoms. The van der Waals surface area contributed by atoms with Gasteiger partial charge >= 0.3 is 5.97 Å². The zero-order chi connectivity index (χ0) is 22.5.